The molecule has 2 aromatic heterocycles. The lowest BCUT2D eigenvalue weighted by Gasteiger charge is -2.07. The van der Waals surface area contributed by atoms with E-state index in [0.29, 0.717) is 17.0 Å². The van der Waals surface area contributed by atoms with E-state index in [9.17, 15) is 4.79 Å². The molecule has 0 fully saturated rings. The van der Waals surface area contributed by atoms with E-state index in [1.54, 1.807) is 12.1 Å². The Labute approximate surface area is 121 Å². The van der Waals surface area contributed by atoms with Gasteiger partial charge in [0.15, 0.2) is 0 Å². The lowest BCUT2D eigenvalue weighted by Crippen LogP contribution is -2.15. The van der Waals surface area contributed by atoms with Crippen LogP contribution in [0, 0.1) is 6.92 Å². The third kappa shape index (κ3) is 2.67. The fourth-order valence-electron chi connectivity index (χ4n) is 2.11. The van der Waals surface area contributed by atoms with Gasteiger partial charge in [-0.05, 0) is 31.2 Å². The van der Waals surface area contributed by atoms with Crippen molar-refractivity contribution in [1.29, 1.82) is 0 Å². The minimum absolute atomic E-state index is 0.273. The molecule has 0 aliphatic heterocycles. The molecule has 0 atom stereocenters. The first-order chi connectivity index (χ1) is 10.1. The fraction of sp³-hybridized carbons (Fsp3) is 0.0625. The van der Waals surface area contributed by atoms with Gasteiger partial charge in [-0.1, -0.05) is 24.3 Å². The van der Waals surface area contributed by atoms with Gasteiger partial charge < -0.3 is 11.1 Å². The van der Waals surface area contributed by atoms with Gasteiger partial charge in [-0.15, -0.1) is 0 Å². The number of carbonyl (C=O) groups excluding carboxylic acids is 1. The topological polar surface area (TPSA) is 80.9 Å². The Morgan fingerprint density at radius 3 is 2.71 bits per heavy atom. The number of nitrogens with one attached hydrogen (secondary N) is 1. The van der Waals surface area contributed by atoms with E-state index in [0.717, 1.165) is 11.1 Å². The van der Waals surface area contributed by atoms with Crippen molar-refractivity contribution >= 4 is 28.3 Å². The number of nitrogens with zero attached hydrogens (tertiary/aromatic N) is 2. The molecule has 104 valence electrons. The van der Waals surface area contributed by atoms with Crippen molar-refractivity contribution in [2.45, 2.75) is 6.92 Å². The van der Waals surface area contributed by atoms with Crippen molar-refractivity contribution in [3.63, 3.8) is 0 Å². The van der Waals surface area contributed by atoms with E-state index in [-0.39, 0.29) is 11.6 Å². The third-order valence-corrected chi connectivity index (χ3v) is 3.11. The summed E-state index contributed by atoms with van der Waals surface area (Å²) in [4.78, 5) is 20.8. The number of hydrogen-bond donors (Lipinski definition) is 2. The molecule has 3 aromatic rings. The number of amides is 1. The Hall–Kier alpha value is -2.95. The summed E-state index contributed by atoms with van der Waals surface area (Å²) in [6.07, 6.45) is 0. The number of pyridine rings is 2. The smallest absolute Gasteiger partial charge is 0.275 e. The molecule has 1 aromatic carbocycles. The summed E-state index contributed by atoms with van der Waals surface area (Å²) in [6.45, 7) is 1.86. The Morgan fingerprint density at radius 2 is 1.90 bits per heavy atom. The van der Waals surface area contributed by atoms with Crippen molar-refractivity contribution < 1.29 is 4.79 Å². The second-order valence-corrected chi connectivity index (χ2v) is 4.73. The van der Waals surface area contributed by atoms with Crippen molar-refractivity contribution in [3.8, 4) is 0 Å². The Morgan fingerprint density at radius 1 is 1.10 bits per heavy atom. The van der Waals surface area contributed by atoms with Crippen LogP contribution in [0.3, 0.4) is 0 Å². The molecule has 0 saturated carbocycles. The molecule has 21 heavy (non-hydrogen) atoms. The number of nitrogen functional groups attached to an aromatic ring is 1. The quantitative estimate of drug-likeness (QED) is 0.755. The van der Waals surface area contributed by atoms with Gasteiger partial charge in [-0.3, -0.25) is 4.79 Å². The summed E-state index contributed by atoms with van der Waals surface area (Å²) < 4.78 is 0. The zero-order valence-corrected chi connectivity index (χ0v) is 11.5. The van der Waals surface area contributed by atoms with Crippen LogP contribution in [0.4, 0.5) is 11.5 Å². The summed E-state index contributed by atoms with van der Waals surface area (Å²) in [5, 5.41) is 3.56. The molecule has 0 radical (unpaired) electrons. The summed E-state index contributed by atoms with van der Waals surface area (Å²) in [5.74, 6) is 0.166. The highest BCUT2D eigenvalue weighted by molar-refractivity contribution is 6.05. The van der Waals surface area contributed by atoms with Crippen LogP contribution in [0.5, 0.6) is 0 Å². The van der Waals surface area contributed by atoms with Crippen molar-refractivity contribution in [3.05, 3.63) is 59.9 Å². The van der Waals surface area contributed by atoms with Gasteiger partial charge in [0.2, 0.25) is 0 Å². The van der Waals surface area contributed by atoms with Crippen molar-refractivity contribution in [2.75, 3.05) is 11.1 Å². The molecule has 0 bridgehead atoms. The summed E-state index contributed by atoms with van der Waals surface area (Å²) in [6, 6.07) is 14.5. The highest BCUT2D eigenvalue weighted by Crippen LogP contribution is 2.20. The van der Waals surface area contributed by atoms with E-state index in [2.05, 4.69) is 15.3 Å². The molecule has 0 spiro atoms. The minimum Gasteiger partial charge on any atom is -0.398 e. The maximum atomic E-state index is 12.3. The maximum absolute atomic E-state index is 12.3. The molecule has 5 heteroatoms. The van der Waals surface area contributed by atoms with E-state index >= 15 is 0 Å². The maximum Gasteiger partial charge on any atom is 0.275 e. The monoisotopic (exact) mass is 278 g/mol. The lowest BCUT2D eigenvalue weighted by atomic mass is 10.1. The predicted octanol–water partition coefficient (Wildman–Crippen LogP) is 2.77. The normalized spacial score (nSPS) is 10.5. The number of nitrogens with two attached hydrogens (primary N) is 1. The van der Waals surface area contributed by atoms with E-state index in [4.69, 9.17) is 5.73 Å². The largest absolute Gasteiger partial charge is 0.398 e. The number of benzene rings is 1. The highest BCUT2D eigenvalue weighted by atomic mass is 16.1. The van der Waals surface area contributed by atoms with Gasteiger partial charge >= 0.3 is 0 Å². The van der Waals surface area contributed by atoms with Gasteiger partial charge in [0.25, 0.3) is 5.91 Å². The highest BCUT2D eigenvalue weighted by Gasteiger charge is 2.11. The predicted molar refractivity (Wildman–Crippen MR) is 83.1 cm³/mol. The SMILES string of the molecule is Cc1cccc(NC(=O)c2cc(N)c3ccccc3n2)n1. The average Bonchev–Trinajstić information content (AvgIpc) is 2.47. The Kier molecular flexibility index (Phi) is 3.23. The zero-order valence-electron chi connectivity index (χ0n) is 11.5. The minimum atomic E-state index is -0.328. The van der Waals surface area contributed by atoms with Crippen LogP contribution in [0.1, 0.15) is 16.2 Å². The van der Waals surface area contributed by atoms with Crippen molar-refractivity contribution in [2.24, 2.45) is 0 Å². The summed E-state index contributed by atoms with van der Waals surface area (Å²) >= 11 is 0. The summed E-state index contributed by atoms with van der Waals surface area (Å²) in [7, 11) is 0. The Bertz CT molecular complexity index is 829. The second kappa shape index (κ2) is 5.20. The molecule has 0 aliphatic rings. The third-order valence-electron chi connectivity index (χ3n) is 3.11. The fourth-order valence-corrected chi connectivity index (χ4v) is 2.11. The van der Waals surface area contributed by atoms with Crippen LogP contribution in [-0.4, -0.2) is 15.9 Å². The van der Waals surface area contributed by atoms with Crippen LogP contribution in [0.15, 0.2) is 48.5 Å². The van der Waals surface area contributed by atoms with Gasteiger partial charge in [-0.25, -0.2) is 9.97 Å². The van der Waals surface area contributed by atoms with E-state index in [1.165, 1.54) is 0 Å². The van der Waals surface area contributed by atoms with Crippen LogP contribution in [0.2, 0.25) is 0 Å². The second-order valence-electron chi connectivity index (χ2n) is 4.73. The van der Waals surface area contributed by atoms with Crippen LogP contribution < -0.4 is 11.1 Å². The zero-order chi connectivity index (χ0) is 14.8. The average molecular weight is 278 g/mol. The molecule has 5 nitrogen and oxygen atoms in total. The van der Waals surface area contributed by atoms with Crippen LogP contribution in [-0.2, 0) is 0 Å². The number of carbonyl (C=O) groups is 1. The lowest BCUT2D eigenvalue weighted by molar-refractivity contribution is 0.102. The number of para-hydroxylation sites is 1. The molecule has 1 amide bonds. The van der Waals surface area contributed by atoms with E-state index in [1.807, 2.05) is 43.3 Å². The van der Waals surface area contributed by atoms with Gasteiger partial charge in [-0.2, -0.15) is 0 Å². The Balaban J connectivity index is 1.94. The van der Waals surface area contributed by atoms with Gasteiger partial charge in [0.05, 0.1) is 5.52 Å². The first-order valence-corrected chi connectivity index (χ1v) is 6.54. The molecule has 3 rings (SSSR count). The van der Waals surface area contributed by atoms with Crippen LogP contribution >= 0.6 is 0 Å². The van der Waals surface area contributed by atoms with E-state index < -0.39 is 0 Å². The number of rotatable bonds is 2. The molecule has 0 unspecified atom stereocenters. The number of fused-ring (bicyclic) bond motifs is 1. The number of anilines is 2. The number of aryl methyl sites for hydroxylation is 1. The standard InChI is InChI=1S/C16H14N4O/c1-10-5-4-8-15(18-10)20-16(21)14-9-12(17)11-6-2-3-7-13(11)19-14/h2-9H,1H3,(H2,17,19)(H,18,20,21). The first-order valence-electron chi connectivity index (χ1n) is 6.54. The molecule has 2 heterocycles. The van der Waals surface area contributed by atoms with Gasteiger partial charge in [0, 0.05) is 16.8 Å². The molecule has 0 saturated heterocycles. The molecular formula is C16H14N4O. The molecule has 3 N–H and O–H groups in total. The summed E-state index contributed by atoms with van der Waals surface area (Å²) in [5.41, 5.74) is 8.31. The number of aromatic nitrogens is 2. The molecule has 0 aliphatic carbocycles. The van der Waals surface area contributed by atoms with Crippen molar-refractivity contribution in [1.82, 2.24) is 9.97 Å². The molecular weight excluding hydrogens is 264 g/mol. The first kappa shape index (κ1) is 13.1. The number of hydrogen-bond acceptors (Lipinski definition) is 4. The van der Waals surface area contributed by atoms with Gasteiger partial charge in [0.1, 0.15) is 11.5 Å². The van der Waals surface area contributed by atoms with Crippen LogP contribution in [0.25, 0.3) is 10.9 Å².